The Labute approximate surface area is 677 Å². The largest absolute Gasteiger partial charge is 0.777 e. The number of rotatable bonds is 31. The molecular weight excluding hydrogens is 1720 g/mol. The van der Waals surface area contributed by atoms with Crippen LogP contribution in [0.3, 0.4) is 0 Å². The van der Waals surface area contributed by atoms with Crippen LogP contribution in [0, 0.1) is 0 Å². The van der Waals surface area contributed by atoms with E-state index in [2.05, 4.69) is 83.7 Å². The molecule has 110 heavy (non-hydrogen) atoms. The van der Waals surface area contributed by atoms with Crippen molar-refractivity contribution in [3.05, 3.63) is 45.9 Å². The number of fused-ring (bicyclic) bond motifs is 4. The third kappa shape index (κ3) is 47.1. The number of nitrogens with two attached hydrogens (primary N) is 4. The number of hydrogen-bond acceptors (Lipinski definition) is 34. The molecule has 0 spiro atoms. The van der Waals surface area contributed by atoms with Crippen molar-refractivity contribution in [1.82, 2.24) is 78.5 Å². The summed E-state index contributed by atoms with van der Waals surface area (Å²) >= 11 is 44.1. The Morgan fingerprint density at radius 3 is 1.12 bits per heavy atom. The van der Waals surface area contributed by atoms with Crippen LogP contribution in [0.4, 0.5) is 28.2 Å². The molecule has 0 amide bonds. The van der Waals surface area contributed by atoms with Gasteiger partial charge in [-0.05, 0) is 55.4 Å². The van der Waals surface area contributed by atoms with Crippen LogP contribution in [0.15, 0.2) is 25.3 Å². The van der Waals surface area contributed by atoms with Crippen LogP contribution in [0.2, 0.25) is 20.6 Å². The number of hydrogen-bond donors (Lipinski definition) is 9. The summed E-state index contributed by atoms with van der Waals surface area (Å²) in [5.41, 5.74) is 25.6. The zero-order valence-corrected chi connectivity index (χ0v) is 68.5. The maximum Gasteiger partial charge on any atom is 0.356 e. The number of alkyl halides is 5. The van der Waals surface area contributed by atoms with Crippen LogP contribution < -0.4 is 27.8 Å². The molecule has 0 aliphatic carbocycles. The quantitative estimate of drug-likeness (QED) is 0.00843. The minimum Gasteiger partial charge on any atom is -0.777 e. The highest BCUT2D eigenvalue weighted by molar-refractivity contribution is 7.54. The van der Waals surface area contributed by atoms with E-state index in [4.69, 9.17) is 174 Å². The number of nitrogens with one attached hydrogen (secondary N) is 1. The molecule has 1 aliphatic rings. The van der Waals surface area contributed by atoms with Crippen LogP contribution in [-0.4, -0.2) is 239 Å². The van der Waals surface area contributed by atoms with Crippen molar-refractivity contribution in [1.29, 1.82) is 0 Å². The van der Waals surface area contributed by atoms with Gasteiger partial charge in [-0.25, -0.2) is 19.9 Å². The van der Waals surface area contributed by atoms with Crippen LogP contribution in [-0.2, 0) is 93.9 Å². The van der Waals surface area contributed by atoms with Crippen LogP contribution in [0.1, 0.15) is 79.0 Å². The molecule has 1 aliphatic heterocycles. The Morgan fingerprint density at radius 1 is 0.518 bits per heavy atom. The maximum atomic E-state index is 12.7. The minimum atomic E-state index is -4.40. The van der Waals surface area contributed by atoms with Gasteiger partial charge in [0.25, 0.3) is 0 Å². The molecule has 1 atom stereocenters. The Bertz CT molecular complexity index is 3860. The third-order valence-corrected chi connectivity index (χ3v) is 17.3. The van der Waals surface area contributed by atoms with Gasteiger partial charge in [0.2, 0.25) is 23.8 Å². The van der Waals surface area contributed by atoms with E-state index in [0.717, 1.165) is 0 Å². The molecular formula is C56H100Cl8FN20O21P4-. The standard InChI is InChI=1S/C14H23ClN5O4P.C9H20ClO4P.2C8H11ClN5O4P.C5H4ClN5.C3H6Cl2O.C3H6O3.C2H5ClO.CH3F.3CH4/c1-9(2)23-25(21,24-10(3)4)8-22-6-5-20-7-17-11-12(15)18-14(16)19-13(11)20;1-8(2)13-15(11,14-9(3)4)7-12-6-5-10;2*9-6-5-7(13-8(10)12-6)14(3-11-5)1-2-18-4-19(15,16)17;6-3-2-4(9-1-8-2)11-5(7)10-3;4-1-2-6-3-5;1-4-2-6-3-5-1;3-1-2-4;1-2;;;/h7,9-10H,5-6,8H2,1-4H3,(H2,16,18,19);8-9H,5-7H2,1-4H3;2*3H,1-2,4H2,(H2,10,12,13)(H2,15,16,17);1H,(H3,7,8,9,10,11);2*1-3H2;4H,1-2H2;1H3;3*1H4/p-1/i;;;;;;;;1D;;;. The van der Waals surface area contributed by atoms with Crippen molar-refractivity contribution >= 4 is 192 Å². The van der Waals surface area contributed by atoms with Crippen molar-refractivity contribution < 1.29 is 105 Å². The van der Waals surface area contributed by atoms with Gasteiger partial charge in [0.05, 0.1) is 97.9 Å². The molecule has 1 fully saturated rings. The molecule has 8 aromatic heterocycles. The predicted octanol–water partition coefficient (Wildman–Crippen LogP) is 10.8. The second-order valence-corrected chi connectivity index (χ2v) is 30.7. The molecule has 0 radical (unpaired) electrons. The molecule has 8 aromatic rings. The van der Waals surface area contributed by atoms with Crippen molar-refractivity contribution in [3.63, 3.8) is 0 Å². The highest BCUT2D eigenvalue weighted by Gasteiger charge is 2.29. The van der Waals surface area contributed by atoms with Crippen molar-refractivity contribution in [2.45, 2.75) is 122 Å². The molecule has 634 valence electrons. The number of H-pyrrole nitrogens is 1. The van der Waals surface area contributed by atoms with E-state index < -0.39 is 50.2 Å². The highest BCUT2D eigenvalue weighted by atomic mass is 35.5. The Hall–Kier alpha value is -4.11. The summed E-state index contributed by atoms with van der Waals surface area (Å²) in [6.45, 7) is 17.9. The average molecular weight is 1820 g/mol. The van der Waals surface area contributed by atoms with E-state index in [1.807, 2.05) is 0 Å². The lowest BCUT2D eigenvalue weighted by molar-refractivity contribution is -0.247. The van der Waals surface area contributed by atoms with Crippen molar-refractivity contribution in [2.75, 3.05) is 139 Å². The molecule has 0 saturated carbocycles. The van der Waals surface area contributed by atoms with Crippen LogP contribution in [0.25, 0.3) is 44.7 Å². The number of halogens is 9. The first-order valence-corrected chi connectivity index (χ1v) is 41.4. The zero-order chi connectivity index (χ0) is 81.6. The van der Waals surface area contributed by atoms with E-state index in [1.54, 1.807) is 75.4 Å². The van der Waals surface area contributed by atoms with E-state index in [-0.39, 0.29) is 138 Å². The molecule has 0 aromatic carbocycles. The van der Waals surface area contributed by atoms with E-state index in [9.17, 15) is 27.5 Å². The molecule has 1 unspecified atom stereocenters. The third-order valence-electron chi connectivity index (χ3n) is 10.6. The van der Waals surface area contributed by atoms with Gasteiger partial charge in [-0.2, -0.15) is 39.9 Å². The Balaban J connectivity index is -0.00000125. The summed E-state index contributed by atoms with van der Waals surface area (Å²) < 4.78 is 126. The van der Waals surface area contributed by atoms with Gasteiger partial charge in [-0.3, -0.25) is 18.1 Å². The summed E-state index contributed by atoms with van der Waals surface area (Å²) in [5, 5.41) is 8.53. The van der Waals surface area contributed by atoms with Crippen molar-refractivity contribution in [2.24, 2.45) is 0 Å². The summed E-state index contributed by atoms with van der Waals surface area (Å²) in [7, 11) is -16.0. The second kappa shape index (κ2) is 59.5. The first kappa shape index (κ1) is 108. The summed E-state index contributed by atoms with van der Waals surface area (Å²) in [5.74, 6) is 1.47. The number of ether oxygens (including phenoxy) is 8. The van der Waals surface area contributed by atoms with Gasteiger partial charge in [0.15, 0.2) is 71.2 Å². The fourth-order valence-corrected chi connectivity index (χ4v) is 12.7. The fourth-order valence-electron chi connectivity index (χ4n) is 7.18. The van der Waals surface area contributed by atoms with E-state index in [1.165, 1.54) is 19.0 Å². The minimum absolute atomic E-state index is 0. The molecule has 13 N–H and O–H groups in total. The van der Waals surface area contributed by atoms with Gasteiger partial charge < -0.3 is 127 Å². The van der Waals surface area contributed by atoms with Crippen molar-refractivity contribution in [3.8, 4) is 0 Å². The number of nitrogen functional groups attached to an aromatic ring is 4. The molecule has 0 bridgehead atoms. The average Bonchev–Trinajstić information content (AvgIpc) is 1.68. The second-order valence-electron chi connectivity index (χ2n) is 21.0. The molecule has 1 saturated heterocycles. The summed E-state index contributed by atoms with van der Waals surface area (Å²) in [4.78, 5) is 86.2. The first-order valence-electron chi connectivity index (χ1n) is 31.4. The topological polar surface area (TPSA) is 572 Å². The summed E-state index contributed by atoms with van der Waals surface area (Å²) in [6.07, 6.45) is 3.69. The van der Waals surface area contributed by atoms with Gasteiger partial charge in [-0.1, -0.05) is 80.3 Å². The molecule has 41 nitrogen and oxygen atoms in total. The SMILES string of the molecule is C.C.C.C1OCOCO1.CC(C)OP(=O)(COCCCl)OC(C)C.CC(C)OP(=O)(COCCn1cnc2c(Cl)nc(N)nc21)OC(C)C.ClCCOCCl.Nc1nc(Cl)c2[nH]cnc2n1.Nc1nc(Cl)c2ncn(CCOCP(=O)(O)O)c2n1.Nc1nc(Cl)c2ncn(CCOCP(=O)([O-])O)c2n1.OCCCl.[2H]CF. The lowest BCUT2D eigenvalue weighted by atomic mass is 10.5. The van der Waals surface area contributed by atoms with Gasteiger partial charge in [-0.15, -0.1) is 34.8 Å². The maximum absolute atomic E-state index is 12.7. The number of anilines is 4. The van der Waals surface area contributed by atoms with Crippen LogP contribution >= 0.6 is 123 Å². The van der Waals surface area contributed by atoms with E-state index in [0.29, 0.717) is 114 Å². The predicted molar refractivity (Wildman–Crippen MR) is 422 cm³/mol. The monoisotopic (exact) mass is 1810 g/mol. The first-order chi connectivity index (χ1) is 50.8. The lowest BCUT2D eigenvalue weighted by Crippen LogP contribution is -2.14. The van der Waals surface area contributed by atoms with Crippen LogP contribution in [0.5, 0.6) is 0 Å². The Morgan fingerprint density at radius 2 is 0.827 bits per heavy atom. The zero-order valence-electron chi connectivity index (χ0n) is 59.9. The molecule has 54 heteroatoms. The van der Waals surface area contributed by atoms with E-state index >= 15 is 0 Å². The van der Waals surface area contributed by atoms with Gasteiger partial charge >= 0.3 is 22.8 Å². The molecule has 9 heterocycles. The number of aromatic amines is 1. The highest BCUT2D eigenvalue weighted by Crippen LogP contribution is 2.51. The smallest absolute Gasteiger partial charge is 0.356 e. The van der Waals surface area contributed by atoms with Gasteiger partial charge in [0.1, 0.15) is 53.5 Å². The number of aliphatic hydroxyl groups excluding tert-OH is 1. The number of aromatic nitrogens is 16. The Kier molecular flexibility index (Phi) is 58.4. The molecule has 9 rings (SSSR count). The normalized spacial score (nSPS) is 12.5. The lowest BCUT2D eigenvalue weighted by Gasteiger charge is -2.22. The number of imidazole rings is 4. The van der Waals surface area contributed by atoms with Gasteiger partial charge in [0, 0.05) is 37.3 Å². The number of nitrogens with zero attached hydrogens (tertiary/aromatic N) is 15. The fraction of sp³-hybridized carbons (Fsp3) is 0.643. The summed E-state index contributed by atoms with van der Waals surface area (Å²) in [6, 6.07) is 0.243. The number of aliphatic hydroxyl groups is 1.